The van der Waals surface area contributed by atoms with Gasteiger partial charge < -0.3 is 9.52 Å². The van der Waals surface area contributed by atoms with Crippen LogP contribution in [0.5, 0.6) is 0 Å². The Morgan fingerprint density at radius 1 is 1.00 bits per heavy atom. The van der Waals surface area contributed by atoms with Crippen LogP contribution >= 0.6 is 0 Å². The van der Waals surface area contributed by atoms with Crippen LogP contribution in [-0.4, -0.2) is 57.0 Å². The normalized spacial score (nSPS) is 11.7. The molecule has 0 spiro atoms. The van der Waals surface area contributed by atoms with Crippen molar-refractivity contribution in [3.63, 3.8) is 0 Å². The van der Waals surface area contributed by atoms with E-state index in [0.717, 1.165) is 15.5 Å². The molecular weight excluding hydrogens is 536 g/mol. The number of hydrogen-bond acceptors (Lipinski definition) is 8. The molecule has 5 aromatic rings. The molecule has 0 aliphatic rings. The molecule has 1 amide bonds. The molecule has 40 heavy (non-hydrogen) atoms. The maximum absolute atomic E-state index is 13.6. The number of aromatic nitrogens is 4. The van der Waals surface area contributed by atoms with Crippen molar-refractivity contribution >= 4 is 32.9 Å². The van der Waals surface area contributed by atoms with E-state index >= 15 is 0 Å². The maximum Gasteiger partial charge on any atom is 0.303 e. The standard InChI is InChI=1S/C27H24N6O6S/c1-17-24-21(26-28-31-32-29-26)9-5-10-22(24)39-25(17)27(36)30-33(16-6-11-23(34)35)40(37,38)20-14-12-19(13-15-20)18-7-3-2-4-8-18/h2-5,7-10,12-15H,6,11,16H2,1H3,(H,30,36)(H,34,35)(H,28,29,31,32). The van der Waals surface area contributed by atoms with Crippen molar-refractivity contribution in [1.29, 1.82) is 0 Å². The number of fused-ring (bicyclic) bond motifs is 1. The number of carboxylic acid groups (broad SMARTS) is 1. The molecule has 5 rings (SSSR count). The number of rotatable bonds is 10. The number of carbonyl (C=O) groups is 2. The third-order valence-corrected chi connectivity index (χ3v) is 8.00. The summed E-state index contributed by atoms with van der Waals surface area (Å²) in [6.45, 7) is 1.39. The van der Waals surface area contributed by atoms with Gasteiger partial charge in [-0.15, -0.1) is 14.6 Å². The quantitative estimate of drug-likeness (QED) is 0.215. The van der Waals surface area contributed by atoms with E-state index < -0.39 is 21.9 Å². The van der Waals surface area contributed by atoms with Gasteiger partial charge in [0.2, 0.25) is 5.82 Å². The molecule has 2 aromatic heterocycles. The molecule has 0 fully saturated rings. The Hall–Kier alpha value is -4.88. The zero-order valence-electron chi connectivity index (χ0n) is 21.2. The first kappa shape index (κ1) is 26.7. The van der Waals surface area contributed by atoms with Crippen LogP contribution in [0.1, 0.15) is 29.0 Å². The summed E-state index contributed by atoms with van der Waals surface area (Å²) in [6, 6.07) is 20.8. The summed E-state index contributed by atoms with van der Waals surface area (Å²) in [6.07, 6.45) is -0.315. The number of aryl methyl sites for hydroxylation is 1. The number of furan rings is 1. The molecule has 0 saturated heterocycles. The van der Waals surface area contributed by atoms with Crippen molar-refractivity contribution in [1.82, 2.24) is 30.5 Å². The number of aliphatic carboxylic acids is 1. The van der Waals surface area contributed by atoms with E-state index in [9.17, 15) is 18.0 Å². The highest BCUT2D eigenvalue weighted by Gasteiger charge is 2.29. The van der Waals surface area contributed by atoms with Gasteiger partial charge in [0.1, 0.15) is 5.58 Å². The number of carboxylic acids is 1. The van der Waals surface area contributed by atoms with Crippen LogP contribution in [0.2, 0.25) is 0 Å². The highest BCUT2D eigenvalue weighted by atomic mass is 32.2. The predicted octanol–water partition coefficient (Wildman–Crippen LogP) is 3.79. The Morgan fingerprint density at radius 3 is 2.40 bits per heavy atom. The molecule has 0 atom stereocenters. The number of sulfonamides is 1. The molecule has 0 aliphatic heterocycles. The number of amides is 1. The lowest BCUT2D eigenvalue weighted by Crippen LogP contribution is -2.46. The Kier molecular flexibility index (Phi) is 7.40. The molecule has 3 aromatic carbocycles. The van der Waals surface area contributed by atoms with Gasteiger partial charge in [0, 0.05) is 29.5 Å². The van der Waals surface area contributed by atoms with Crippen LogP contribution in [0.4, 0.5) is 0 Å². The van der Waals surface area contributed by atoms with Crippen molar-refractivity contribution in [2.45, 2.75) is 24.7 Å². The number of H-pyrrole nitrogens is 1. The van der Waals surface area contributed by atoms with Gasteiger partial charge in [0.25, 0.3) is 10.0 Å². The number of hydrogen-bond donors (Lipinski definition) is 3. The van der Waals surface area contributed by atoms with Gasteiger partial charge in [-0.2, -0.15) is 5.21 Å². The fourth-order valence-corrected chi connectivity index (χ4v) is 5.64. The van der Waals surface area contributed by atoms with Crippen LogP contribution in [-0.2, 0) is 14.8 Å². The first-order chi connectivity index (χ1) is 19.3. The van der Waals surface area contributed by atoms with Crippen LogP contribution < -0.4 is 5.43 Å². The Balaban J connectivity index is 1.46. The number of benzene rings is 3. The molecule has 204 valence electrons. The van der Waals surface area contributed by atoms with Crippen LogP contribution in [0.3, 0.4) is 0 Å². The SMILES string of the molecule is Cc1c(C(=O)NN(CCCC(=O)O)S(=O)(=O)c2ccc(-c3ccccc3)cc2)oc2cccc(-c3nn[nH]n3)c12. The molecule has 2 heterocycles. The second-order valence-electron chi connectivity index (χ2n) is 8.88. The molecule has 0 unspecified atom stereocenters. The average Bonchev–Trinajstić information content (AvgIpc) is 3.61. The second-order valence-corrected chi connectivity index (χ2v) is 10.7. The lowest BCUT2D eigenvalue weighted by atomic mass is 10.1. The predicted molar refractivity (Wildman–Crippen MR) is 144 cm³/mol. The summed E-state index contributed by atoms with van der Waals surface area (Å²) in [5, 5.41) is 23.6. The summed E-state index contributed by atoms with van der Waals surface area (Å²) < 4.78 is 33.8. The minimum Gasteiger partial charge on any atom is -0.481 e. The Morgan fingerprint density at radius 2 is 1.73 bits per heavy atom. The topological polar surface area (TPSA) is 171 Å². The van der Waals surface area contributed by atoms with Crippen molar-refractivity contribution in [3.8, 4) is 22.5 Å². The molecule has 3 N–H and O–H groups in total. The van der Waals surface area contributed by atoms with E-state index in [-0.39, 0.29) is 30.0 Å². The smallest absolute Gasteiger partial charge is 0.303 e. The number of tetrazole rings is 1. The molecule has 0 radical (unpaired) electrons. The van der Waals surface area contributed by atoms with E-state index in [4.69, 9.17) is 9.52 Å². The van der Waals surface area contributed by atoms with E-state index in [1.165, 1.54) is 12.1 Å². The number of aromatic amines is 1. The molecular formula is C27H24N6O6S. The average molecular weight is 561 g/mol. The number of hydrazine groups is 1. The fraction of sp³-hybridized carbons (Fsp3) is 0.148. The summed E-state index contributed by atoms with van der Waals surface area (Å²) in [5.41, 5.74) is 5.55. The largest absolute Gasteiger partial charge is 0.481 e. The minimum absolute atomic E-state index is 0.0297. The van der Waals surface area contributed by atoms with Gasteiger partial charge in [-0.05, 0) is 47.9 Å². The van der Waals surface area contributed by atoms with Gasteiger partial charge in [-0.25, -0.2) is 8.42 Å². The van der Waals surface area contributed by atoms with E-state index in [2.05, 4.69) is 26.0 Å². The Labute approximate surface area is 228 Å². The van der Waals surface area contributed by atoms with E-state index in [1.807, 2.05) is 30.3 Å². The summed E-state index contributed by atoms with van der Waals surface area (Å²) in [7, 11) is -4.25. The third-order valence-electron chi connectivity index (χ3n) is 6.27. The fourth-order valence-electron chi connectivity index (χ4n) is 4.33. The molecule has 0 bridgehead atoms. The van der Waals surface area contributed by atoms with Crippen molar-refractivity contribution < 1.29 is 27.5 Å². The van der Waals surface area contributed by atoms with Crippen molar-refractivity contribution in [2.75, 3.05) is 6.54 Å². The first-order valence-electron chi connectivity index (χ1n) is 12.2. The number of nitrogens with one attached hydrogen (secondary N) is 2. The molecule has 0 aliphatic carbocycles. The van der Waals surface area contributed by atoms with E-state index in [0.29, 0.717) is 27.9 Å². The number of nitrogens with zero attached hydrogens (tertiary/aromatic N) is 4. The third kappa shape index (κ3) is 5.32. The highest BCUT2D eigenvalue weighted by molar-refractivity contribution is 7.89. The highest BCUT2D eigenvalue weighted by Crippen LogP contribution is 2.33. The van der Waals surface area contributed by atoms with Gasteiger partial charge >= 0.3 is 11.9 Å². The summed E-state index contributed by atoms with van der Waals surface area (Å²) in [5.74, 6) is -1.70. The number of carbonyl (C=O) groups excluding carboxylic acids is 1. The van der Waals surface area contributed by atoms with Gasteiger partial charge in [0.05, 0.1) is 4.90 Å². The Bertz CT molecular complexity index is 1770. The lowest BCUT2D eigenvalue weighted by molar-refractivity contribution is -0.137. The maximum atomic E-state index is 13.6. The van der Waals surface area contributed by atoms with Crippen LogP contribution in [0.25, 0.3) is 33.5 Å². The monoisotopic (exact) mass is 560 g/mol. The lowest BCUT2D eigenvalue weighted by Gasteiger charge is -2.22. The summed E-state index contributed by atoms with van der Waals surface area (Å²) >= 11 is 0. The van der Waals surface area contributed by atoms with Crippen molar-refractivity contribution in [2.24, 2.45) is 0 Å². The zero-order chi connectivity index (χ0) is 28.3. The van der Waals surface area contributed by atoms with Gasteiger partial charge in [-0.3, -0.25) is 15.0 Å². The van der Waals surface area contributed by atoms with Gasteiger partial charge in [0.15, 0.2) is 5.76 Å². The zero-order valence-corrected chi connectivity index (χ0v) is 22.1. The molecule has 13 heteroatoms. The van der Waals surface area contributed by atoms with E-state index in [1.54, 1.807) is 37.3 Å². The summed E-state index contributed by atoms with van der Waals surface area (Å²) in [4.78, 5) is 24.4. The van der Waals surface area contributed by atoms with Crippen molar-refractivity contribution in [3.05, 3.63) is 84.1 Å². The molecule has 12 nitrogen and oxygen atoms in total. The first-order valence-corrected chi connectivity index (χ1v) is 13.7. The minimum atomic E-state index is -4.25. The molecule has 0 saturated carbocycles. The van der Waals surface area contributed by atoms with Crippen LogP contribution in [0, 0.1) is 6.92 Å². The van der Waals surface area contributed by atoms with Crippen LogP contribution in [0.15, 0.2) is 82.1 Å². The van der Waals surface area contributed by atoms with Gasteiger partial charge in [-0.1, -0.05) is 54.6 Å². The second kappa shape index (κ2) is 11.1.